The van der Waals surface area contributed by atoms with Crippen LogP contribution in [0.3, 0.4) is 0 Å². The Kier molecular flexibility index (Phi) is 2.34. The number of halogens is 1. The van der Waals surface area contributed by atoms with Crippen molar-refractivity contribution in [2.24, 2.45) is 0 Å². The zero-order valence-corrected chi connectivity index (χ0v) is 5.66. The molecular weight excluding hydrogens is 143 g/mol. The first kappa shape index (κ1) is 7.42. The summed E-state index contributed by atoms with van der Waals surface area (Å²) >= 11 is 0. The van der Waals surface area contributed by atoms with Gasteiger partial charge < -0.3 is 0 Å². The molecule has 0 radical (unpaired) electrons. The third-order valence-electron chi connectivity index (χ3n) is 1.07. The lowest BCUT2D eigenvalue weighted by Gasteiger charge is -1.89. The Hall–Kier alpha value is -1.69. The summed E-state index contributed by atoms with van der Waals surface area (Å²) in [6.07, 6.45) is 4.05. The number of aromatic nitrogens is 1. The predicted molar refractivity (Wildman–Crippen MR) is 38.8 cm³/mol. The van der Waals surface area contributed by atoms with Crippen molar-refractivity contribution in [1.29, 1.82) is 5.26 Å². The molecule has 0 aliphatic heterocycles. The molecule has 0 bridgehead atoms. The van der Waals surface area contributed by atoms with Gasteiger partial charge in [0.25, 0.3) is 0 Å². The Morgan fingerprint density at radius 3 is 3.09 bits per heavy atom. The van der Waals surface area contributed by atoms with Crippen molar-refractivity contribution in [1.82, 2.24) is 4.98 Å². The van der Waals surface area contributed by atoms with E-state index in [2.05, 4.69) is 4.98 Å². The van der Waals surface area contributed by atoms with Crippen molar-refractivity contribution in [3.8, 4) is 6.07 Å². The van der Waals surface area contributed by atoms with E-state index in [0.717, 1.165) is 0 Å². The fourth-order valence-corrected chi connectivity index (χ4v) is 0.635. The van der Waals surface area contributed by atoms with E-state index in [1.165, 1.54) is 30.5 Å². The Morgan fingerprint density at radius 2 is 2.45 bits per heavy atom. The average molecular weight is 148 g/mol. The molecule has 0 amide bonds. The normalized spacial score (nSPS) is 9.82. The molecule has 0 aromatic carbocycles. The molecule has 0 N–H and O–H groups in total. The average Bonchev–Trinajstić information content (AvgIpc) is 2.01. The van der Waals surface area contributed by atoms with Gasteiger partial charge in [0.1, 0.15) is 5.82 Å². The summed E-state index contributed by atoms with van der Waals surface area (Å²) in [5.41, 5.74) is 0.451. The third kappa shape index (κ3) is 2.18. The lowest BCUT2D eigenvalue weighted by molar-refractivity contribution is 0.625. The molecule has 1 rings (SSSR count). The van der Waals surface area contributed by atoms with Crippen molar-refractivity contribution < 1.29 is 4.39 Å². The Labute approximate surface area is 63.6 Å². The minimum atomic E-state index is -0.349. The van der Waals surface area contributed by atoms with Gasteiger partial charge in [0.15, 0.2) is 0 Å². The van der Waals surface area contributed by atoms with Gasteiger partial charge in [0, 0.05) is 12.3 Å². The molecule has 0 saturated heterocycles. The number of allylic oxidation sites excluding steroid dienone is 1. The highest BCUT2D eigenvalue weighted by molar-refractivity contribution is 5.47. The fourth-order valence-electron chi connectivity index (χ4n) is 0.635. The number of rotatable bonds is 1. The van der Waals surface area contributed by atoms with Crippen LogP contribution in [0.1, 0.15) is 5.69 Å². The maximum Gasteiger partial charge on any atom is 0.126 e. The van der Waals surface area contributed by atoms with E-state index < -0.39 is 0 Å². The first-order valence-corrected chi connectivity index (χ1v) is 3.00. The van der Waals surface area contributed by atoms with E-state index in [-0.39, 0.29) is 5.82 Å². The van der Waals surface area contributed by atoms with Crippen LogP contribution in [0, 0.1) is 17.1 Å². The number of nitriles is 1. The zero-order valence-electron chi connectivity index (χ0n) is 5.66. The summed E-state index contributed by atoms with van der Waals surface area (Å²) in [5, 5.41) is 8.14. The SMILES string of the molecule is N#CC=Cc1cc(F)ccn1. The van der Waals surface area contributed by atoms with Crippen LogP contribution in [0.2, 0.25) is 0 Å². The van der Waals surface area contributed by atoms with Crippen LogP contribution in [-0.2, 0) is 0 Å². The number of nitrogens with zero attached hydrogens (tertiary/aromatic N) is 2. The van der Waals surface area contributed by atoms with Gasteiger partial charge in [-0.2, -0.15) is 5.26 Å². The van der Waals surface area contributed by atoms with Gasteiger partial charge in [0.05, 0.1) is 11.8 Å². The maximum absolute atomic E-state index is 12.4. The molecule has 0 aliphatic carbocycles. The van der Waals surface area contributed by atoms with Crippen LogP contribution in [0.4, 0.5) is 4.39 Å². The summed E-state index contributed by atoms with van der Waals surface area (Å²) in [6, 6.07) is 4.30. The maximum atomic E-state index is 12.4. The van der Waals surface area contributed by atoms with Gasteiger partial charge in [0.2, 0.25) is 0 Å². The first-order valence-electron chi connectivity index (χ1n) is 3.00. The minimum absolute atomic E-state index is 0.349. The van der Waals surface area contributed by atoms with Crippen molar-refractivity contribution in [3.63, 3.8) is 0 Å². The zero-order chi connectivity index (χ0) is 8.10. The molecule has 0 fully saturated rings. The molecule has 1 aromatic heterocycles. The topological polar surface area (TPSA) is 36.7 Å². The Morgan fingerprint density at radius 1 is 1.64 bits per heavy atom. The first-order chi connectivity index (χ1) is 5.33. The Bertz CT molecular complexity index is 312. The van der Waals surface area contributed by atoms with E-state index in [4.69, 9.17) is 5.26 Å². The van der Waals surface area contributed by atoms with Crippen molar-refractivity contribution in [2.45, 2.75) is 0 Å². The minimum Gasteiger partial charge on any atom is -0.257 e. The summed E-state index contributed by atoms with van der Waals surface area (Å²) < 4.78 is 12.4. The monoisotopic (exact) mass is 148 g/mol. The van der Waals surface area contributed by atoms with Gasteiger partial charge >= 0.3 is 0 Å². The van der Waals surface area contributed by atoms with Gasteiger partial charge in [-0.15, -0.1) is 0 Å². The number of hydrogen-bond donors (Lipinski definition) is 0. The second-order valence-corrected chi connectivity index (χ2v) is 1.86. The molecule has 3 heteroatoms. The quantitative estimate of drug-likeness (QED) is 0.569. The van der Waals surface area contributed by atoms with E-state index in [9.17, 15) is 4.39 Å². The third-order valence-corrected chi connectivity index (χ3v) is 1.07. The second-order valence-electron chi connectivity index (χ2n) is 1.86. The molecule has 0 saturated carbocycles. The van der Waals surface area contributed by atoms with Crippen LogP contribution >= 0.6 is 0 Å². The highest BCUT2D eigenvalue weighted by Gasteiger charge is 1.89. The van der Waals surface area contributed by atoms with Crippen LogP contribution in [0.25, 0.3) is 6.08 Å². The van der Waals surface area contributed by atoms with Crippen molar-refractivity contribution in [2.75, 3.05) is 0 Å². The molecule has 0 aliphatic rings. The van der Waals surface area contributed by atoms with Crippen molar-refractivity contribution in [3.05, 3.63) is 35.9 Å². The lowest BCUT2D eigenvalue weighted by Crippen LogP contribution is -1.80. The van der Waals surface area contributed by atoms with Crippen molar-refractivity contribution >= 4 is 6.08 Å². The highest BCUT2D eigenvalue weighted by atomic mass is 19.1. The molecule has 1 aromatic rings. The molecule has 0 atom stereocenters. The largest absolute Gasteiger partial charge is 0.257 e. The smallest absolute Gasteiger partial charge is 0.126 e. The van der Waals surface area contributed by atoms with Gasteiger partial charge in [-0.1, -0.05) is 0 Å². The molecule has 0 unspecified atom stereocenters. The highest BCUT2D eigenvalue weighted by Crippen LogP contribution is 2.00. The van der Waals surface area contributed by atoms with Gasteiger partial charge in [-0.25, -0.2) is 4.39 Å². The lowest BCUT2D eigenvalue weighted by atomic mass is 10.3. The fraction of sp³-hybridized carbons (Fsp3) is 0. The van der Waals surface area contributed by atoms with Gasteiger partial charge in [-0.3, -0.25) is 4.98 Å². The summed E-state index contributed by atoms with van der Waals surface area (Å²) in [4.78, 5) is 3.80. The van der Waals surface area contributed by atoms with Crippen LogP contribution in [0.15, 0.2) is 24.4 Å². The summed E-state index contributed by atoms with van der Waals surface area (Å²) in [5.74, 6) is -0.349. The molecular formula is C8H5FN2. The van der Waals surface area contributed by atoms with Crippen LogP contribution in [0.5, 0.6) is 0 Å². The van der Waals surface area contributed by atoms with E-state index >= 15 is 0 Å². The van der Waals surface area contributed by atoms with E-state index in [1.807, 2.05) is 0 Å². The molecule has 54 valence electrons. The Balaban J connectivity index is 2.90. The number of pyridine rings is 1. The van der Waals surface area contributed by atoms with Crippen LogP contribution in [-0.4, -0.2) is 4.98 Å². The second kappa shape index (κ2) is 3.47. The molecule has 11 heavy (non-hydrogen) atoms. The molecule has 1 heterocycles. The standard InChI is InChI=1S/C8H5FN2/c9-7-3-5-11-8(6-7)2-1-4-10/h1-3,5-6H. The van der Waals surface area contributed by atoms with Crippen LogP contribution < -0.4 is 0 Å². The van der Waals surface area contributed by atoms with E-state index in [1.54, 1.807) is 6.07 Å². The molecule has 0 spiro atoms. The number of hydrogen-bond acceptors (Lipinski definition) is 2. The summed E-state index contributed by atoms with van der Waals surface area (Å²) in [7, 11) is 0. The van der Waals surface area contributed by atoms with E-state index in [0.29, 0.717) is 5.69 Å². The molecule has 2 nitrogen and oxygen atoms in total. The predicted octanol–water partition coefficient (Wildman–Crippen LogP) is 1.76. The van der Waals surface area contributed by atoms with Gasteiger partial charge in [-0.05, 0) is 18.2 Å². The summed E-state index contributed by atoms with van der Waals surface area (Å²) in [6.45, 7) is 0.